The second-order valence-electron chi connectivity index (χ2n) is 5.77. The number of carbonyl (C=O) groups excluding carboxylic acids is 1. The molecule has 3 heterocycles. The molecule has 1 aromatic carbocycles. The second kappa shape index (κ2) is 8.20. The van der Waals surface area contributed by atoms with Crippen LogP contribution in [0.5, 0.6) is 0 Å². The first-order valence-corrected chi connectivity index (χ1v) is 10.2. The maximum Gasteiger partial charge on any atom is 0.276 e. The summed E-state index contributed by atoms with van der Waals surface area (Å²) in [6.45, 7) is 0. The lowest BCUT2D eigenvalue weighted by molar-refractivity contribution is 0.102. The Morgan fingerprint density at radius 1 is 1.15 bits per heavy atom. The number of H-pyrrole nitrogens is 1. The Kier molecular flexibility index (Phi) is 5.32. The van der Waals surface area contributed by atoms with Gasteiger partial charge in [-0.1, -0.05) is 12.1 Å². The van der Waals surface area contributed by atoms with Gasteiger partial charge in [-0.2, -0.15) is 5.10 Å². The van der Waals surface area contributed by atoms with Gasteiger partial charge in [-0.15, -0.1) is 23.1 Å². The van der Waals surface area contributed by atoms with Gasteiger partial charge in [-0.3, -0.25) is 14.9 Å². The zero-order valence-corrected chi connectivity index (χ0v) is 15.9. The highest BCUT2D eigenvalue weighted by molar-refractivity contribution is 7.98. The van der Waals surface area contributed by atoms with Gasteiger partial charge in [0.25, 0.3) is 5.91 Å². The summed E-state index contributed by atoms with van der Waals surface area (Å²) in [5, 5.41) is 11.9. The van der Waals surface area contributed by atoms with Gasteiger partial charge in [0.1, 0.15) is 0 Å². The molecule has 0 spiro atoms. The molecule has 0 atom stereocenters. The number of aromatic amines is 1. The van der Waals surface area contributed by atoms with Crippen LogP contribution in [-0.2, 0) is 5.75 Å². The Bertz CT molecular complexity index is 1010. The standard InChI is InChI=1S/C20H16N4OS2/c25-20(18-11-17(23-24-18)19-4-2-10-26-19)22-15-5-7-16(8-6-15)27-13-14-3-1-9-21-12-14/h1-12H,13H2,(H,22,25)(H,23,24). The van der Waals surface area contributed by atoms with Crippen molar-refractivity contribution in [1.82, 2.24) is 15.2 Å². The summed E-state index contributed by atoms with van der Waals surface area (Å²) in [6, 6.07) is 17.5. The SMILES string of the molecule is O=C(Nc1ccc(SCc2cccnc2)cc1)c1cc(-c2cccs2)[nH]n1. The highest BCUT2D eigenvalue weighted by Crippen LogP contribution is 2.25. The first-order valence-electron chi connectivity index (χ1n) is 8.30. The fourth-order valence-electron chi connectivity index (χ4n) is 2.48. The number of aromatic nitrogens is 3. The number of thiophene rings is 1. The number of hydrogen-bond donors (Lipinski definition) is 2. The number of pyridine rings is 1. The number of benzene rings is 1. The second-order valence-corrected chi connectivity index (χ2v) is 7.77. The van der Waals surface area contributed by atoms with Crippen LogP contribution in [0.3, 0.4) is 0 Å². The molecule has 3 aromatic heterocycles. The van der Waals surface area contributed by atoms with Crippen molar-refractivity contribution in [3.63, 3.8) is 0 Å². The molecule has 134 valence electrons. The maximum atomic E-state index is 12.4. The minimum Gasteiger partial charge on any atom is -0.321 e. The van der Waals surface area contributed by atoms with Crippen LogP contribution < -0.4 is 5.32 Å². The number of rotatable bonds is 6. The van der Waals surface area contributed by atoms with Crippen LogP contribution in [0.25, 0.3) is 10.6 Å². The minimum atomic E-state index is -0.232. The number of anilines is 1. The van der Waals surface area contributed by atoms with E-state index in [1.165, 1.54) is 5.56 Å². The normalized spacial score (nSPS) is 10.7. The van der Waals surface area contributed by atoms with Crippen LogP contribution in [0.1, 0.15) is 16.1 Å². The third-order valence-corrected chi connectivity index (χ3v) is 5.82. The average Bonchev–Trinajstić information content (AvgIpc) is 3.40. The van der Waals surface area contributed by atoms with Crippen LogP contribution in [0.15, 0.2) is 77.3 Å². The fraction of sp³-hybridized carbons (Fsp3) is 0.0500. The van der Waals surface area contributed by atoms with Crippen molar-refractivity contribution >= 4 is 34.7 Å². The largest absolute Gasteiger partial charge is 0.321 e. The Hall–Kier alpha value is -2.90. The van der Waals surface area contributed by atoms with Crippen LogP contribution in [-0.4, -0.2) is 21.1 Å². The molecule has 4 aromatic rings. The van der Waals surface area contributed by atoms with E-state index in [4.69, 9.17) is 0 Å². The average molecular weight is 393 g/mol. The number of thioether (sulfide) groups is 1. The number of carbonyl (C=O) groups is 1. The summed E-state index contributed by atoms with van der Waals surface area (Å²) in [6.07, 6.45) is 3.64. The van der Waals surface area contributed by atoms with Crippen LogP contribution >= 0.6 is 23.1 Å². The molecule has 0 unspecified atom stereocenters. The van der Waals surface area contributed by atoms with E-state index in [-0.39, 0.29) is 5.91 Å². The van der Waals surface area contributed by atoms with E-state index >= 15 is 0 Å². The van der Waals surface area contributed by atoms with Gasteiger partial charge < -0.3 is 5.32 Å². The molecule has 0 bridgehead atoms. The van der Waals surface area contributed by atoms with E-state index < -0.39 is 0 Å². The summed E-state index contributed by atoms with van der Waals surface area (Å²) >= 11 is 3.33. The predicted molar refractivity (Wildman–Crippen MR) is 110 cm³/mol. The van der Waals surface area contributed by atoms with Gasteiger partial charge >= 0.3 is 0 Å². The van der Waals surface area contributed by atoms with Crippen LogP contribution in [0.2, 0.25) is 0 Å². The summed E-state index contributed by atoms with van der Waals surface area (Å²) in [5.74, 6) is 0.628. The molecule has 0 aliphatic carbocycles. The molecule has 0 fully saturated rings. The van der Waals surface area contributed by atoms with Crippen LogP contribution in [0, 0.1) is 0 Å². The third-order valence-electron chi connectivity index (χ3n) is 3.84. The number of nitrogens with one attached hydrogen (secondary N) is 2. The Morgan fingerprint density at radius 3 is 2.78 bits per heavy atom. The lowest BCUT2D eigenvalue weighted by Crippen LogP contribution is -2.12. The molecular formula is C20H16N4OS2. The van der Waals surface area contributed by atoms with E-state index in [1.807, 2.05) is 54.0 Å². The molecule has 0 aliphatic rings. The van der Waals surface area contributed by atoms with Crippen molar-refractivity contribution in [2.75, 3.05) is 5.32 Å². The predicted octanol–water partition coefficient (Wildman–Crippen LogP) is 5.08. The lowest BCUT2D eigenvalue weighted by atomic mass is 10.3. The molecule has 0 radical (unpaired) electrons. The van der Waals surface area contributed by atoms with Crippen LogP contribution in [0.4, 0.5) is 5.69 Å². The molecule has 1 amide bonds. The summed E-state index contributed by atoms with van der Waals surface area (Å²) < 4.78 is 0. The van der Waals surface area contributed by atoms with Gasteiger partial charge in [0, 0.05) is 28.7 Å². The maximum absolute atomic E-state index is 12.4. The third kappa shape index (κ3) is 4.45. The molecule has 0 saturated heterocycles. The van der Waals surface area contributed by atoms with E-state index in [2.05, 4.69) is 26.6 Å². The van der Waals surface area contributed by atoms with E-state index in [0.29, 0.717) is 5.69 Å². The molecular weight excluding hydrogens is 376 g/mol. The molecule has 0 saturated carbocycles. The summed E-state index contributed by atoms with van der Waals surface area (Å²) in [4.78, 5) is 18.7. The van der Waals surface area contributed by atoms with Crippen molar-refractivity contribution in [1.29, 1.82) is 0 Å². The van der Waals surface area contributed by atoms with Gasteiger partial charge in [-0.25, -0.2) is 0 Å². The summed E-state index contributed by atoms with van der Waals surface area (Å²) in [7, 11) is 0. The summed E-state index contributed by atoms with van der Waals surface area (Å²) in [5.41, 5.74) is 3.14. The molecule has 27 heavy (non-hydrogen) atoms. The first-order chi connectivity index (χ1) is 13.3. The first kappa shape index (κ1) is 17.5. The Morgan fingerprint density at radius 2 is 2.04 bits per heavy atom. The molecule has 0 aliphatic heterocycles. The minimum absolute atomic E-state index is 0.232. The number of nitrogens with zero attached hydrogens (tertiary/aromatic N) is 2. The van der Waals surface area contributed by atoms with Crippen molar-refractivity contribution < 1.29 is 4.79 Å². The topological polar surface area (TPSA) is 70.7 Å². The van der Waals surface area contributed by atoms with Gasteiger partial charge in [0.2, 0.25) is 0 Å². The molecule has 5 nitrogen and oxygen atoms in total. The number of amides is 1. The van der Waals surface area contributed by atoms with Gasteiger partial charge in [0.15, 0.2) is 5.69 Å². The fourth-order valence-corrected chi connectivity index (χ4v) is 4.00. The van der Waals surface area contributed by atoms with Crippen molar-refractivity contribution in [3.05, 3.63) is 83.6 Å². The zero-order valence-electron chi connectivity index (χ0n) is 14.3. The highest BCUT2D eigenvalue weighted by Gasteiger charge is 2.12. The van der Waals surface area contributed by atoms with Gasteiger partial charge in [-0.05, 0) is 53.4 Å². The Labute approximate surface area is 164 Å². The van der Waals surface area contributed by atoms with E-state index in [1.54, 1.807) is 35.4 Å². The molecule has 7 heteroatoms. The van der Waals surface area contributed by atoms with E-state index in [9.17, 15) is 4.79 Å². The van der Waals surface area contributed by atoms with Crippen molar-refractivity contribution in [3.8, 4) is 10.6 Å². The lowest BCUT2D eigenvalue weighted by Gasteiger charge is -2.05. The smallest absolute Gasteiger partial charge is 0.276 e. The van der Waals surface area contributed by atoms with E-state index in [0.717, 1.165) is 26.9 Å². The quantitative estimate of drug-likeness (QED) is 0.449. The van der Waals surface area contributed by atoms with Crippen molar-refractivity contribution in [2.45, 2.75) is 10.6 Å². The molecule has 4 rings (SSSR count). The van der Waals surface area contributed by atoms with Crippen molar-refractivity contribution in [2.24, 2.45) is 0 Å². The highest BCUT2D eigenvalue weighted by atomic mass is 32.2. The zero-order chi connectivity index (χ0) is 18.5. The molecule has 2 N–H and O–H groups in total. The van der Waals surface area contributed by atoms with Gasteiger partial charge in [0.05, 0.1) is 10.6 Å². The Balaban J connectivity index is 1.36. The monoisotopic (exact) mass is 392 g/mol. The number of hydrogen-bond acceptors (Lipinski definition) is 5.